The normalized spacial score (nSPS) is 10.9. The highest BCUT2D eigenvalue weighted by atomic mass is 79.9. The lowest BCUT2D eigenvalue weighted by atomic mass is 10.2. The molecule has 0 saturated heterocycles. The summed E-state index contributed by atoms with van der Waals surface area (Å²) in [6.45, 7) is 0. The molecule has 0 atom stereocenters. The molecule has 3 rings (SSSR count). The topological polar surface area (TPSA) is 68.0 Å². The molecule has 0 amide bonds. The van der Waals surface area contributed by atoms with Gasteiger partial charge in [-0.3, -0.25) is 0 Å². The van der Waals surface area contributed by atoms with Crippen LogP contribution in [0.1, 0.15) is 10.4 Å². The van der Waals surface area contributed by atoms with Gasteiger partial charge < -0.3 is 5.11 Å². The SMILES string of the molecule is O=C(O)c1ccc2c(c1)nnn2-c1ccc(Br)c(F)c1. The van der Waals surface area contributed by atoms with Gasteiger partial charge in [-0.25, -0.2) is 13.9 Å². The van der Waals surface area contributed by atoms with E-state index in [9.17, 15) is 9.18 Å². The number of benzene rings is 2. The Morgan fingerprint density at radius 2 is 2.05 bits per heavy atom. The maximum atomic E-state index is 13.6. The molecule has 7 heteroatoms. The van der Waals surface area contributed by atoms with Crippen LogP contribution in [0, 0.1) is 5.82 Å². The number of aromatic carboxylic acids is 1. The Bertz CT molecular complexity index is 832. The zero-order chi connectivity index (χ0) is 14.3. The Hall–Kier alpha value is -2.28. The molecule has 1 heterocycles. The number of carboxylic acid groups (broad SMARTS) is 1. The molecule has 100 valence electrons. The average molecular weight is 336 g/mol. The van der Waals surface area contributed by atoms with Gasteiger partial charge in [-0.15, -0.1) is 5.10 Å². The third-order valence-corrected chi connectivity index (χ3v) is 3.48. The molecule has 2 aromatic carbocycles. The summed E-state index contributed by atoms with van der Waals surface area (Å²) in [6, 6.07) is 9.06. The molecular formula is C13H7BrFN3O2. The highest BCUT2D eigenvalue weighted by Crippen LogP contribution is 2.22. The summed E-state index contributed by atoms with van der Waals surface area (Å²) in [5.41, 5.74) is 1.69. The van der Waals surface area contributed by atoms with Crippen LogP contribution >= 0.6 is 15.9 Å². The van der Waals surface area contributed by atoms with Gasteiger partial charge in [-0.1, -0.05) is 5.21 Å². The van der Waals surface area contributed by atoms with Crippen LogP contribution in [0.2, 0.25) is 0 Å². The van der Waals surface area contributed by atoms with E-state index in [2.05, 4.69) is 26.2 Å². The van der Waals surface area contributed by atoms with Gasteiger partial charge in [0.05, 0.1) is 21.2 Å². The highest BCUT2D eigenvalue weighted by molar-refractivity contribution is 9.10. The van der Waals surface area contributed by atoms with Gasteiger partial charge >= 0.3 is 5.97 Å². The van der Waals surface area contributed by atoms with Crippen molar-refractivity contribution in [3.8, 4) is 5.69 Å². The van der Waals surface area contributed by atoms with Crippen LogP contribution in [-0.2, 0) is 0 Å². The molecule has 0 aliphatic rings. The third kappa shape index (κ3) is 2.05. The van der Waals surface area contributed by atoms with Crippen molar-refractivity contribution >= 4 is 32.9 Å². The van der Waals surface area contributed by atoms with Crippen molar-refractivity contribution in [3.05, 3.63) is 52.3 Å². The monoisotopic (exact) mass is 335 g/mol. The molecule has 0 saturated carbocycles. The Kier molecular flexibility index (Phi) is 2.98. The van der Waals surface area contributed by atoms with Crippen molar-refractivity contribution in [2.45, 2.75) is 0 Å². The molecule has 0 aliphatic carbocycles. The molecular weight excluding hydrogens is 329 g/mol. The van der Waals surface area contributed by atoms with E-state index < -0.39 is 11.8 Å². The van der Waals surface area contributed by atoms with Crippen LogP contribution in [0.3, 0.4) is 0 Å². The maximum Gasteiger partial charge on any atom is 0.335 e. The second-order valence-corrected chi connectivity index (χ2v) is 4.96. The number of carbonyl (C=O) groups is 1. The van der Waals surface area contributed by atoms with E-state index in [1.165, 1.54) is 22.9 Å². The Morgan fingerprint density at radius 3 is 2.75 bits per heavy atom. The van der Waals surface area contributed by atoms with Gasteiger partial charge in [0.1, 0.15) is 11.3 Å². The quantitative estimate of drug-likeness (QED) is 0.781. The van der Waals surface area contributed by atoms with Crippen LogP contribution < -0.4 is 0 Å². The lowest BCUT2D eigenvalue weighted by Gasteiger charge is -2.03. The van der Waals surface area contributed by atoms with E-state index in [-0.39, 0.29) is 5.56 Å². The highest BCUT2D eigenvalue weighted by Gasteiger charge is 2.11. The zero-order valence-electron chi connectivity index (χ0n) is 9.92. The summed E-state index contributed by atoms with van der Waals surface area (Å²) in [6.07, 6.45) is 0. The van der Waals surface area contributed by atoms with Crippen LogP contribution in [0.25, 0.3) is 16.7 Å². The van der Waals surface area contributed by atoms with Crippen molar-refractivity contribution in [2.24, 2.45) is 0 Å². The fraction of sp³-hybridized carbons (Fsp3) is 0. The summed E-state index contributed by atoms with van der Waals surface area (Å²) in [4.78, 5) is 10.9. The number of carboxylic acids is 1. The van der Waals surface area contributed by atoms with E-state index in [1.807, 2.05) is 0 Å². The minimum atomic E-state index is -1.03. The minimum Gasteiger partial charge on any atom is -0.478 e. The van der Waals surface area contributed by atoms with Gasteiger partial charge in [0, 0.05) is 6.07 Å². The van der Waals surface area contributed by atoms with Gasteiger partial charge in [0.2, 0.25) is 0 Å². The second kappa shape index (κ2) is 4.68. The van der Waals surface area contributed by atoms with Crippen molar-refractivity contribution in [2.75, 3.05) is 0 Å². The Labute approximate surface area is 120 Å². The molecule has 0 unspecified atom stereocenters. The smallest absolute Gasteiger partial charge is 0.335 e. The fourth-order valence-corrected chi connectivity index (χ4v) is 2.11. The fourth-order valence-electron chi connectivity index (χ4n) is 1.86. The number of hydrogen-bond acceptors (Lipinski definition) is 3. The van der Waals surface area contributed by atoms with Crippen LogP contribution in [-0.4, -0.2) is 26.1 Å². The first-order valence-electron chi connectivity index (χ1n) is 5.60. The number of aromatic nitrogens is 3. The van der Waals surface area contributed by atoms with E-state index in [1.54, 1.807) is 18.2 Å². The van der Waals surface area contributed by atoms with E-state index in [4.69, 9.17) is 5.11 Å². The van der Waals surface area contributed by atoms with Crippen LogP contribution in [0.5, 0.6) is 0 Å². The average Bonchev–Trinajstić information content (AvgIpc) is 2.84. The molecule has 1 aromatic heterocycles. The van der Waals surface area contributed by atoms with Crippen molar-refractivity contribution < 1.29 is 14.3 Å². The predicted molar refractivity (Wildman–Crippen MR) is 73.5 cm³/mol. The molecule has 0 aliphatic heterocycles. The predicted octanol–water partition coefficient (Wildman–Crippen LogP) is 3.02. The number of halogens is 2. The lowest BCUT2D eigenvalue weighted by molar-refractivity contribution is 0.0697. The molecule has 0 radical (unpaired) electrons. The minimum absolute atomic E-state index is 0.131. The largest absolute Gasteiger partial charge is 0.478 e. The second-order valence-electron chi connectivity index (χ2n) is 4.11. The molecule has 20 heavy (non-hydrogen) atoms. The molecule has 1 N–H and O–H groups in total. The first-order chi connectivity index (χ1) is 9.56. The zero-order valence-corrected chi connectivity index (χ0v) is 11.5. The summed E-state index contributed by atoms with van der Waals surface area (Å²) in [7, 11) is 0. The number of rotatable bonds is 2. The summed E-state index contributed by atoms with van der Waals surface area (Å²) in [5, 5.41) is 16.8. The van der Waals surface area contributed by atoms with E-state index in [0.29, 0.717) is 21.2 Å². The molecule has 0 fully saturated rings. The number of hydrogen-bond donors (Lipinski definition) is 1. The summed E-state index contributed by atoms with van der Waals surface area (Å²) >= 11 is 3.08. The van der Waals surface area contributed by atoms with Crippen molar-refractivity contribution in [1.82, 2.24) is 15.0 Å². The van der Waals surface area contributed by atoms with Crippen LogP contribution in [0.15, 0.2) is 40.9 Å². The number of fused-ring (bicyclic) bond motifs is 1. The van der Waals surface area contributed by atoms with Gasteiger partial charge in [-0.05, 0) is 46.3 Å². The van der Waals surface area contributed by atoms with Gasteiger partial charge in [0.15, 0.2) is 0 Å². The first kappa shape index (κ1) is 12.7. The Balaban J connectivity index is 2.17. The third-order valence-electron chi connectivity index (χ3n) is 2.84. The lowest BCUT2D eigenvalue weighted by Crippen LogP contribution is -1.98. The molecule has 0 spiro atoms. The Morgan fingerprint density at radius 1 is 1.25 bits per heavy atom. The summed E-state index contributed by atoms with van der Waals surface area (Å²) in [5.74, 6) is -1.44. The van der Waals surface area contributed by atoms with E-state index in [0.717, 1.165) is 0 Å². The van der Waals surface area contributed by atoms with Gasteiger partial charge in [0.25, 0.3) is 0 Å². The van der Waals surface area contributed by atoms with E-state index >= 15 is 0 Å². The molecule has 0 bridgehead atoms. The molecule has 3 aromatic rings. The van der Waals surface area contributed by atoms with Gasteiger partial charge in [-0.2, -0.15) is 0 Å². The summed E-state index contributed by atoms with van der Waals surface area (Å²) < 4.78 is 15.4. The first-order valence-corrected chi connectivity index (χ1v) is 6.40. The van der Waals surface area contributed by atoms with Crippen molar-refractivity contribution in [1.29, 1.82) is 0 Å². The van der Waals surface area contributed by atoms with Crippen LogP contribution in [0.4, 0.5) is 4.39 Å². The maximum absolute atomic E-state index is 13.6. The van der Waals surface area contributed by atoms with Crippen molar-refractivity contribution in [3.63, 3.8) is 0 Å². The standard InChI is InChI=1S/C13H7BrFN3O2/c14-9-3-2-8(6-10(9)15)18-12-4-1-7(13(19)20)5-11(12)16-17-18/h1-6H,(H,19,20). The number of nitrogens with zero attached hydrogens (tertiary/aromatic N) is 3. The molecule has 5 nitrogen and oxygen atoms in total.